The van der Waals surface area contributed by atoms with Crippen molar-refractivity contribution in [1.82, 2.24) is 9.88 Å². The van der Waals surface area contributed by atoms with Crippen molar-refractivity contribution in [2.75, 3.05) is 25.1 Å². The zero-order chi connectivity index (χ0) is 33.7. The van der Waals surface area contributed by atoms with Crippen LogP contribution in [0, 0.1) is 11.8 Å². The minimum absolute atomic E-state index is 0.0101. The maximum absolute atomic E-state index is 13.7. The number of carboxylic acid groups (broad SMARTS) is 1. The van der Waals surface area contributed by atoms with Gasteiger partial charge < -0.3 is 14.7 Å². The van der Waals surface area contributed by atoms with E-state index in [2.05, 4.69) is 9.72 Å². The molecule has 2 aromatic rings. The maximum atomic E-state index is 13.7. The molecule has 0 atom stereocenters. The lowest BCUT2D eigenvalue weighted by Gasteiger charge is -2.34. The number of halogens is 9. The number of carbonyl (C=O) groups is 2. The van der Waals surface area contributed by atoms with Crippen LogP contribution in [0.1, 0.15) is 66.8 Å². The molecule has 0 unspecified atom stereocenters. The van der Waals surface area contributed by atoms with Gasteiger partial charge in [-0.05, 0) is 74.3 Å². The summed E-state index contributed by atoms with van der Waals surface area (Å²) in [5.41, 5.74) is -5.13. The van der Waals surface area contributed by atoms with Gasteiger partial charge >= 0.3 is 30.6 Å². The molecule has 7 nitrogen and oxygen atoms in total. The SMILES string of the molecule is CCN(C[C@H]1CC[C@H](CC(=O)O)CC1)c1ncc(C(F)(F)F)cc1CN(Cc1cc(C(F)(F)F)cc(C(F)(F)F)c1)C(=O)OC. The zero-order valence-corrected chi connectivity index (χ0v) is 24.3. The van der Waals surface area contributed by atoms with Gasteiger partial charge in [-0.15, -0.1) is 0 Å². The van der Waals surface area contributed by atoms with Crippen molar-refractivity contribution < 1.29 is 58.9 Å². The number of rotatable bonds is 10. The Morgan fingerprint density at radius 1 is 0.844 bits per heavy atom. The molecule has 1 aliphatic carbocycles. The fraction of sp³-hybridized carbons (Fsp3) is 0.552. The van der Waals surface area contributed by atoms with E-state index < -0.39 is 65.9 Å². The van der Waals surface area contributed by atoms with E-state index in [0.717, 1.165) is 13.2 Å². The van der Waals surface area contributed by atoms with Gasteiger partial charge in [0.25, 0.3) is 0 Å². The highest BCUT2D eigenvalue weighted by Crippen LogP contribution is 2.38. The number of pyridine rings is 1. The predicted octanol–water partition coefficient (Wildman–Crippen LogP) is 8.01. The van der Waals surface area contributed by atoms with Crippen molar-refractivity contribution in [2.45, 2.75) is 70.6 Å². The summed E-state index contributed by atoms with van der Waals surface area (Å²) in [7, 11) is 0.910. The largest absolute Gasteiger partial charge is 0.481 e. The molecule has 1 aromatic carbocycles. The Kier molecular flexibility index (Phi) is 11.2. The molecule has 1 aromatic heterocycles. The van der Waals surface area contributed by atoms with Crippen LogP contribution in [0.2, 0.25) is 0 Å². The van der Waals surface area contributed by atoms with E-state index in [1.165, 1.54) is 0 Å². The van der Waals surface area contributed by atoms with E-state index in [0.29, 0.717) is 55.5 Å². The second kappa shape index (κ2) is 14.1. The zero-order valence-electron chi connectivity index (χ0n) is 24.3. The number of hydrogen-bond donors (Lipinski definition) is 1. The molecule has 0 bridgehead atoms. The number of amides is 1. The van der Waals surface area contributed by atoms with Crippen molar-refractivity contribution in [3.63, 3.8) is 0 Å². The number of benzene rings is 1. The first-order chi connectivity index (χ1) is 20.8. The number of alkyl halides is 9. The average molecular weight is 658 g/mol. The molecule has 1 fully saturated rings. The Balaban J connectivity index is 1.98. The molecule has 0 saturated heterocycles. The van der Waals surface area contributed by atoms with Crippen LogP contribution in [-0.2, 0) is 41.1 Å². The summed E-state index contributed by atoms with van der Waals surface area (Å²) < 4.78 is 126. The number of methoxy groups -OCH3 is 1. The van der Waals surface area contributed by atoms with Crippen LogP contribution in [-0.4, -0.2) is 47.3 Å². The topological polar surface area (TPSA) is 83.0 Å². The lowest BCUT2D eigenvalue weighted by Crippen LogP contribution is -2.35. The van der Waals surface area contributed by atoms with Crippen LogP contribution >= 0.6 is 0 Å². The Bertz CT molecular complexity index is 1310. The predicted molar refractivity (Wildman–Crippen MR) is 143 cm³/mol. The van der Waals surface area contributed by atoms with Crippen molar-refractivity contribution in [3.05, 3.63) is 58.3 Å². The number of carbonyl (C=O) groups excluding carboxylic acids is 1. The second-order valence-electron chi connectivity index (χ2n) is 11.0. The molecule has 0 aliphatic heterocycles. The third-order valence-corrected chi connectivity index (χ3v) is 7.67. The van der Waals surface area contributed by atoms with Gasteiger partial charge in [0.1, 0.15) is 5.82 Å². The standard InChI is InChI=1S/C29H32F9N3O4/c1-3-40(14-18-6-4-17(5-7-18)10-24(42)43)25-20(11-23(13-39-25)29(36,37)38)16-41(26(44)45-2)15-19-8-21(27(30,31)32)12-22(9-19)28(33,34)35/h8-9,11-13,17-18H,3-7,10,14-16H2,1-2H3,(H,42,43)/t17-,18-. The van der Waals surface area contributed by atoms with Crippen LogP contribution in [0.25, 0.3) is 0 Å². The molecule has 16 heteroatoms. The van der Waals surface area contributed by atoms with Crippen LogP contribution in [0.3, 0.4) is 0 Å². The van der Waals surface area contributed by atoms with Crippen molar-refractivity contribution in [2.24, 2.45) is 11.8 Å². The number of aromatic nitrogens is 1. The van der Waals surface area contributed by atoms with E-state index in [4.69, 9.17) is 5.11 Å². The normalized spacial score (nSPS) is 17.6. The van der Waals surface area contributed by atoms with E-state index >= 15 is 0 Å². The molecule has 0 spiro atoms. The minimum atomic E-state index is -5.15. The van der Waals surface area contributed by atoms with E-state index in [9.17, 15) is 49.1 Å². The number of ether oxygens (including phenoxy) is 1. The molecule has 250 valence electrons. The highest BCUT2D eigenvalue weighted by atomic mass is 19.4. The average Bonchev–Trinajstić information content (AvgIpc) is 2.94. The van der Waals surface area contributed by atoms with Gasteiger partial charge in [0.05, 0.1) is 30.3 Å². The van der Waals surface area contributed by atoms with Gasteiger partial charge in [-0.2, -0.15) is 39.5 Å². The molecule has 45 heavy (non-hydrogen) atoms. The fourth-order valence-corrected chi connectivity index (χ4v) is 5.45. The first-order valence-corrected chi connectivity index (χ1v) is 14.0. The molecular formula is C29H32F9N3O4. The Morgan fingerprint density at radius 3 is 1.84 bits per heavy atom. The van der Waals surface area contributed by atoms with Crippen molar-refractivity contribution in [3.8, 4) is 0 Å². The third-order valence-electron chi connectivity index (χ3n) is 7.67. The van der Waals surface area contributed by atoms with Gasteiger partial charge in [-0.1, -0.05) is 0 Å². The smallest absolute Gasteiger partial charge is 0.417 e. The molecule has 1 saturated carbocycles. The monoisotopic (exact) mass is 657 g/mol. The van der Waals surface area contributed by atoms with Gasteiger partial charge in [0, 0.05) is 37.8 Å². The molecule has 1 N–H and O–H groups in total. The van der Waals surface area contributed by atoms with Gasteiger partial charge in [-0.3, -0.25) is 9.69 Å². The molecule has 3 rings (SSSR count). The Morgan fingerprint density at radius 2 is 1.38 bits per heavy atom. The Hall–Kier alpha value is -3.72. The first-order valence-electron chi connectivity index (χ1n) is 14.0. The van der Waals surface area contributed by atoms with Crippen LogP contribution in [0.15, 0.2) is 30.5 Å². The van der Waals surface area contributed by atoms with E-state index in [1.807, 2.05) is 0 Å². The summed E-state index contributed by atoms with van der Waals surface area (Å²) in [5, 5.41) is 9.06. The van der Waals surface area contributed by atoms with Gasteiger partial charge in [0.2, 0.25) is 0 Å². The molecule has 1 aliphatic rings. The summed E-state index contributed by atoms with van der Waals surface area (Å²) in [6.45, 7) is 0.787. The minimum Gasteiger partial charge on any atom is -0.481 e. The van der Waals surface area contributed by atoms with Crippen molar-refractivity contribution in [1.29, 1.82) is 0 Å². The summed E-state index contributed by atoms with van der Waals surface area (Å²) in [6.07, 6.45) is -13.1. The molecular weight excluding hydrogens is 625 g/mol. The second-order valence-corrected chi connectivity index (χ2v) is 11.0. The molecule has 1 heterocycles. The lowest BCUT2D eigenvalue weighted by molar-refractivity contribution is -0.143. The van der Waals surface area contributed by atoms with Gasteiger partial charge in [0.15, 0.2) is 0 Å². The maximum Gasteiger partial charge on any atom is 0.417 e. The highest BCUT2D eigenvalue weighted by Gasteiger charge is 2.38. The third kappa shape index (κ3) is 9.88. The van der Waals surface area contributed by atoms with Gasteiger partial charge in [-0.25, -0.2) is 9.78 Å². The van der Waals surface area contributed by atoms with Crippen LogP contribution < -0.4 is 4.90 Å². The summed E-state index contributed by atoms with van der Waals surface area (Å²) in [4.78, 5) is 30.2. The Labute approximate surface area is 253 Å². The number of carboxylic acids is 1. The summed E-state index contributed by atoms with van der Waals surface area (Å²) in [6, 6.07) is 1.51. The van der Waals surface area contributed by atoms with Crippen molar-refractivity contribution >= 4 is 17.9 Å². The fourth-order valence-electron chi connectivity index (χ4n) is 5.45. The summed E-state index contributed by atoms with van der Waals surface area (Å²) in [5.74, 6) is -0.792. The van der Waals surface area contributed by atoms with Crippen LogP contribution in [0.4, 0.5) is 50.1 Å². The first kappa shape index (κ1) is 35.8. The highest BCUT2D eigenvalue weighted by molar-refractivity contribution is 5.68. The lowest BCUT2D eigenvalue weighted by atomic mass is 9.80. The number of anilines is 1. The quantitative estimate of drug-likeness (QED) is 0.261. The molecule has 0 radical (unpaired) electrons. The molecule has 1 amide bonds. The van der Waals surface area contributed by atoms with Crippen LogP contribution in [0.5, 0.6) is 0 Å². The van der Waals surface area contributed by atoms with E-state index in [-0.39, 0.29) is 42.2 Å². The number of hydrogen-bond acceptors (Lipinski definition) is 5. The van der Waals surface area contributed by atoms with E-state index in [1.54, 1.807) is 11.8 Å². The number of aliphatic carboxylic acids is 1. The number of nitrogens with zero attached hydrogens (tertiary/aromatic N) is 3. The summed E-state index contributed by atoms with van der Waals surface area (Å²) >= 11 is 0.